The Hall–Kier alpha value is -0.370. The highest BCUT2D eigenvalue weighted by Gasteiger charge is 2.45. The van der Waals surface area contributed by atoms with Crippen molar-refractivity contribution in [3.05, 3.63) is 0 Å². The average Bonchev–Trinajstić information content (AvgIpc) is 2.73. The molecule has 0 aliphatic heterocycles. The molecule has 0 heterocycles. The first-order valence-electron chi connectivity index (χ1n) is 5.70. The summed E-state index contributed by atoms with van der Waals surface area (Å²) in [5, 5.41) is 0. The van der Waals surface area contributed by atoms with Gasteiger partial charge in [0, 0.05) is 20.0 Å². The van der Waals surface area contributed by atoms with Crippen molar-refractivity contribution in [2.24, 2.45) is 11.3 Å². The van der Waals surface area contributed by atoms with Gasteiger partial charge in [0.05, 0.1) is 6.10 Å². The Morgan fingerprint density at radius 2 is 2.21 bits per heavy atom. The van der Waals surface area contributed by atoms with Crippen LogP contribution in [0.5, 0.6) is 0 Å². The summed E-state index contributed by atoms with van der Waals surface area (Å²) in [5.74, 6) is 1.08. The van der Waals surface area contributed by atoms with Crippen molar-refractivity contribution < 1.29 is 9.53 Å². The Morgan fingerprint density at radius 3 is 2.79 bits per heavy atom. The molecule has 0 aromatic carbocycles. The third-order valence-electron chi connectivity index (χ3n) is 4.23. The van der Waals surface area contributed by atoms with E-state index in [2.05, 4.69) is 6.92 Å². The fraction of sp³-hybridized carbons (Fsp3) is 0.917. The largest absolute Gasteiger partial charge is 0.381 e. The molecule has 0 N–H and O–H groups in total. The zero-order chi connectivity index (χ0) is 10.2. The van der Waals surface area contributed by atoms with Crippen LogP contribution in [0, 0.1) is 11.3 Å². The van der Waals surface area contributed by atoms with Gasteiger partial charge in [-0.1, -0.05) is 13.3 Å². The van der Waals surface area contributed by atoms with Gasteiger partial charge in [0.2, 0.25) is 0 Å². The molecule has 2 aliphatic carbocycles. The lowest BCUT2D eigenvalue weighted by atomic mass is 9.73. The van der Waals surface area contributed by atoms with Crippen LogP contribution >= 0.6 is 0 Å². The lowest BCUT2D eigenvalue weighted by Crippen LogP contribution is -2.31. The molecule has 0 saturated heterocycles. The number of Topliss-reactive ketones (excluding diaryl/α,β-unsaturated/α-hetero) is 1. The number of carbonyl (C=O) groups is 1. The van der Waals surface area contributed by atoms with Crippen molar-refractivity contribution >= 4 is 5.78 Å². The molecule has 0 aromatic heterocycles. The monoisotopic (exact) mass is 196 g/mol. The molecule has 3 atom stereocenters. The highest BCUT2D eigenvalue weighted by atomic mass is 16.5. The first-order valence-corrected chi connectivity index (χ1v) is 5.70. The highest BCUT2D eigenvalue weighted by molar-refractivity contribution is 5.81. The second-order valence-electron chi connectivity index (χ2n) is 5.18. The van der Waals surface area contributed by atoms with E-state index in [-0.39, 0.29) is 5.41 Å². The second kappa shape index (κ2) is 3.65. The highest BCUT2D eigenvalue weighted by Crippen LogP contribution is 2.49. The summed E-state index contributed by atoms with van der Waals surface area (Å²) in [6, 6.07) is 0. The average molecular weight is 196 g/mol. The predicted octanol–water partition coefficient (Wildman–Crippen LogP) is 2.56. The summed E-state index contributed by atoms with van der Waals surface area (Å²) in [6.45, 7) is 2.28. The molecular weight excluding hydrogens is 176 g/mol. The molecule has 2 rings (SSSR count). The second-order valence-corrected chi connectivity index (χ2v) is 5.18. The van der Waals surface area contributed by atoms with Crippen molar-refractivity contribution in [1.29, 1.82) is 0 Å². The third kappa shape index (κ3) is 1.60. The van der Waals surface area contributed by atoms with Crippen LogP contribution in [0.25, 0.3) is 0 Å². The summed E-state index contributed by atoms with van der Waals surface area (Å²) >= 11 is 0. The zero-order valence-electron chi connectivity index (χ0n) is 9.21. The maximum Gasteiger partial charge on any atom is 0.133 e. The third-order valence-corrected chi connectivity index (χ3v) is 4.23. The lowest BCUT2D eigenvalue weighted by Gasteiger charge is -2.34. The van der Waals surface area contributed by atoms with E-state index in [1.54, 1.807) is 0 Å². The Kier molecular flexibility index (Phi) is 2.65. The van der Waals surface area contributed by atoms with Gasteiger partial charge in [0.1, 0.15) is 5.78 Å². The summed E-state index contributed by atoms with van der Waals surface area (Å²) in [6.07, 6.45) is 6.78. The molecule has 0 amide bonds. The molecule has 0 bridgehead atoms. The first kappa shape index (κ1) is 10.2. The van der Waals surface area contributed by atoms with Gasteiger partial charge < -0.3 is 4.74 Å². The van der Waals surface area contributed by atoms with E-state index in [1.807, 2.05) is 7.11 Å². The van der Waals surface area contributed by atoms with Crippen LogP contribution in [0.2, 0.25) is 0 Å². The van der Waals surface area contributed by atoms with Crippen LogP contribution in [-0.2, 0) is 9.53 Å². The fourth-order valence-electron chi connectivity index (χ4n) is 3.37. The number of ether oxygens (including phenoxy) is 1. The number of carbonyl (C=O) groups excluding carboxylic acids is 1. The topological polar surface area (TPSA) is 26.3 Å². The summed E-state index contributed by atoms with van der Waals surface area (Å²) in [5.41, 5.74) is 0.244. The molecular formula is C12H20O2. The Balaban J connectivity index is 2.09. The van der Waals surface area contributed by atoms with Crippen molar-refractivity contribution in [1.82, 2.24) is 0 Å². The van der Waals surface area contributed by atoms with E-state index in [1.165, 1.54) is 19.3 Å². The number of ketones is 1. The number of hydrogen-bond donors (Lipinski definition) is 0. The summed E-state index contributed by atoms with van der Waals surface area (Å²) in [7, 11) is 1.81. The zero-order valence-corrected chi connectivity index (χ0v) is 9.21. The maximum atomic E-state index is 11.4. The Bertz CT molecular complexity index is 236. The molecule has 14 heavy (non-hydrogen) atoms. The van der Waals surface area contributed by atoms with Crippen molar-refractivity contribution in [2.75, 3.05) is 7.11 Å². The van der Waals surface area contributed by atoms with E-state index >= 15 is 0 Å². The Morgan fingerprint density at radius 1 is 1.43 bits per heavy atom. The lowest BCUT2D eigenvalue weighted by molar-refractivity contribution is -0.118. The molecule has 2 aliphatic rings. The van der Waals surface area contributed by atoms with Gasteiger partial charge >= 0.3 is 0 Å². The molecule has 2 nitrogen and oxygen atoms in total. The van der Waals surface area contributed by atoms with E-state index in [9.17, 15) is 4.79 Å². The summed E-state index contributed by atoms with van der Waals surface area (Å²) < 4.78 is 5.53. The summed E-state index contributed by atoms with van der Waals surface area (Å²) in [4.78, 5) is 11.4. The number of rotatable bonds is 2. The quantitative estimate of drug-likeness (QED) is 0.678. The van der Waals surface area contributed by atoms with Gasteiger partial charge in [-0.25, -0.2) is 0 Å². The minimum Gasteiger partial charge on any atom is -0.381 e. The smallest absolute Gasteiger partial charge is 0.133 e. The van der Waals surface area contributed by atoms with Crippen molar-refractivity contribution in [3.8, 4) is 0 Å². The molecule has 0 aromatic rings. The predicted molar refractivity (Wildman–Crippen MR) is 55.1 cm³/mol. The van der Waals surface area contributed by atoms with Gasteiger partial charge in [-0.05, 0) is 30.6 Å². The molecule has 0 spiro atoms. The van der Waals surface area contributed by atoms with Crippen LogP contribution in [0.3, 0.4) is 0 Å². The minimum atomic E-state index is 0.244. The first-order chi connectivity index (χ1) is 6.65. The van der Waals surface area contributed by atoms with Gasteiger partial charge in [0.25, 0.3) is 0 Å². The number of methoxy groups -OCH3 is 1. The molecule has 3 unspecified atom stereocenters. The molecule has 0 radical (unpaired) electrons. The van der Waals surface area contributed by atoms with Gasteiger partial charge in [-0.3, -0.25) is 4.79 Å². The minimum absolute atomic E-state index is 0.244. The van der Waals surface area contributed by atoms with Crippen LogP contribution in [0.4, 0.5) is 0 Å². The van der Waals surface area contributed by atoms with E-state index < -0.39 is 0 Å². The normalized spacial score (nSPS) is 43.4. The van der Waals surface area contributed by atoms with Crippen LogP contribution in [0.1, 0.15) is 45.4 Å². The molecule has 2 fully saturated rings. The fourth-order valence-corrected chi connectivity index (χ4v) is 3.37. The number of hydrogen-bond acceptors (Lipinski definition) is 2. The molecule has 2 heteroatoms. The van der Waals surface area contributed by atoms with Crippen LogP contribution < -0.4 is 0 Å². The molecule has 80 valence electrons. The van der Waals surface area contributed by atoms with Crippen LogP contribution in [0.15, 0.2) is 0 Å². The van der Waals surface area contributed by atoms with E-state index in [4.69, 9.17) is 4.74 Å². The van der Waals surface area contributed by atoms with Gasteiger partial charge in [-0.15, -0.1) is 0 Å². The SMILES string of the molecule is COC1CCCC1C1(C)CCC(=O)C1. The standard InChI is InChI=1S/C12H20O2/c1-12(7-6-9(13)8-12)10-4-3-5-11(10)14-2/h10-11H,3-8H2,1-2H3. The Labute approximate surface area is 86.0 Å². The maximum absolute atomic E-state index is 11.4. The van der Waals surface area contributed by atoms with Gasteiger partial charge in [0.15, 0.2) is 0 Å². The van der Waals surface area contributed by atoms with Crippen LogP contribution in [-0.4, -0.2) is 19.0 Å². The molecule has 2 saturated carbocycles. The van der Waals surface area contributed by atoms with E-state index in [0.717, 1.165) is 19.3 Å². The van der Waals surface area contributed by atoms with E-state index in [0.29, 0.717) is 17.8 Å². The van der Waals surface area contributed by atoms with Crippen molar-refractivity contribution in [2.45, 2.75) is 51.6 Å². The van der Waals surface area contributed by atoms with Crippen molar-refractivity contribution in [3.63, 3.8) is 0 Å². The van der Waals surface area contributed by atoms with Gasteiger partial charge in [-0.2, -0.15) is 0 Å².